The number of unbranched alkanes of at least 4 members (excludes halogenated alkanes) is 1. The van der Waals surface area contributed by atoms with E-state index in [9.17, 15) is 47.9 Å². The number of fused-ring (bicyclic) bond motifs is 3. The van der Waals surface area contributed by atoms with Crippen LogP contribution in [0.5, 0.6) is 0 Å². The number of nitrogens with one attached hydrogen (secondary N) is 9. The Bertz CT molecular complexity index is 2850. The van der Waals surface area contributed by atoms with Gasteiger partial charge in [0.15, 0.2) is 0 Å². The molecule has 0 spiro atoms. The van der Waals surface area contributed by atoms with Crippen molar-refractivity contribution in [1.82, 2.24) is 92.2 Å². The van der Waals surface area contributed by atoms with Crippen molar-refractivity contribution in [2.75, 3.05) is 157 Å². The highest BCUT2D eigenvalue weighted by Gasteiger charge is 2.34. The lowest BCUT2D eigenvalue weighted by atomic mass is 9.84. The molecule has 117 heavy (non-hydrogen) atoms. The molecule has 3 aromatic heterocycles. The lowest BCUT2D eigenvalue weighted by Gasteiger charge is -2.44. The van der Waals surface area contributed by atoms with Crippen LogP contribution in [0.2, 0.25) is 0 Å². The number of hydrogen-bond donors (Lipinski definition) is 9. The van der Waals surface area contributed by atoms with Crippen LogP contribution in [0.3, 0.4) is 0 Å². The lowest BCUT2D eigenvalue weighted by molar-refractivity contribution is -0.130. The summed E-state index contributed by atoms with van der Waals surface area (Å²) in [5, 5.41) is 25.2. The van der Waals surface area contributed by atoms with Crippen molar-refractivity contribution < 1.29 is 47.9 Å². The number of piperidine rings is 6. The van der Waals surface area contributed by atoms with Gasteiger partial charge >= 0.3 is 0 Å². The summed E-state index contributed by atoms with van der Waals surface area (Å²) in [7, 11) is 0. The van der Waals surface area contributed by atoms with Crippen LogP contribution in [0.4, 0.5) is 0 Å². The molecular weight excluding hydrogens is 1480 g/mol. The van der Waals surface area contributed by atoms with E-state index in [1.165, 1.54) is 188 Å². The van der Waals surface area contributed by atoms with Gasteiger partial charge in [0.25, 0.3) is 0 Å². The molecule has 2 atom stereocenters. The summed E-state index contributed by atoms with van der Waals surface area (Å²) in [5.41, 5.74) is 3.34. The molecule has 28 nitrogen and oxygen atoms in total. The summed E-state index contributed by atoms with van der Waals surface area (Å²) in [6.45, 7) is 50.7. The highest BCUT2D eigenvalue weighted by Crippen LogP contribution is 2.27. The van der Waals surface area contributed by atoms with Crippen LogP contribution in [0.15, 0.2) is 73.4 Å². The summed E-state index contributed by atoms with van der Waals surface area (Å²) in [6, 6.07) is 14.7. The fraction of sp³-hybridized carbons (Fsp3) is 0.719. The maximum Gasteiger partial charge on any atom is 0.219 e. The summed E-state index contributed by atoms with van der Waals surface area (Å²) in [6.07, 6.45) is 34.1. The predicted octanol–water partition coefficient (Wildman–Crippen LogP) is 8.53. The van der Waals surface area contributed by atoms with Gasteiger partial charge in [-0.2, -0.15) is 0 Å². The second-order valence-corrected chi connectivity index (χ2v) is 30.9. The largest absolute Gasteiger partial charge is 0.356 e. The molecule has 9 N–H and O–H groups in total. The Kier molecular flexibility index (Phi) is 68.1. The summed E-state index contributed by atoms with van der Waals surface area (Å²) in [5.74, 6) is 2.33. The van der Waals surface area contributed by atoms with Crippen LogP contribution >= 0.6 is 0 Å². The van der Waals surface area contributed by atoms with E-state index in [0.29, 0.717) is 31.7 Å². The molecule has 11 heterocycles. The number of pyridine rings is 3. The highest BCUT2D eigenvalue weighted by atomic mass is 16.2. The molecule has 2 bridgehead atoms. The second kappa shape index (κ2) is 73.1. The maximum absolute atomic E-state index is 10.9. The van der Waals surface area contributed by atoms with Gasteiger partial charge in [-0.3, -0.25) is 62.9 Å². The van der Waals surface area contributed by atoms with Crippen molar-refractivity contribution in [3.05, 3.63) is 90.3 Å². The molecule has 666 valence electrons. The molecule has 8 aliphatic heterocycles. The molecule has 11 rings (SSSR count). The molecule has 3 aromatic rings. The van der Waals surface area contributed by atoms with Gasteiger partial charge in [-0.05, 0) is 221 Å². The monoisotopic (exact) mass is 1640 g/mol. The number of rotatable bonds is 26. The van der Waals surface area contributed by atoms with Crippen LogP contribution in [-0.4, -0.2) is 273 Å². The first-order valence-corrected chi connectivity index (χ1v) is 43.9. The molecule has 0 saturated carbocycles. The normalized spacial score (nSPS) is 17.8. The number of amides is 10. The van der Waals surface area contributed by atoms with Crippen molar-refractivity contribution in [2.45, 2.75) is 251 Å². The average molecular weight is 1640 g/mol. The predicted molar refractivity (Wildman–Crippen MR) is 473 cm³/mol. The fourth-order valence-electron chi connectivity index (χ4n) is 13.5. The topological polar surface area (TPSA) is 337 Å². The Morgan fingerprint density at radius 2 is 0.838 bits per heavy atom. The Balaban J connectivity index is 0.00000128. The van der Waals surface area contributed by atoms with Crippen molar-refractivity contribution >= 4 is 59.1 Å². The van der Waals surface area contributed by atoms with Crippen molar-refractivity contribution in [3.63, 3.8) is 0 Å². The third kappa shape index (κ3) is 67.5. The number of carbonyl (C=O) groups excluding carboxylic acids is 10. The van der Waals surface area contributed by atoms with E-state index in [1.807, 2.05) is 53.6 Å². The van der Waals surface area contributed by atoms with E-state index >= 15 is 0 Å². The summed E-state index contributed by atoms with van der Waals surface area (Å²) < 4.78 is 0. The van der Waals surface area contributed by atoms with Gasteiger partial charge in [-0.15, -0.1) is 0 Å². The molecule has 8 aliphatic rings. The van der Waals surface area contributed by atoms with Crippen LogP contribution in [0.1, 0.15) is 236 Å². The van der Waals surface area contributed by atoms with E-state index in [0.717, 1.165) is 140 Å². The molecule has 0 aromatic carbocycles. The summed E-state index contributed by atoms with van der Waals surface area (Å²) in [4.78, 5) is 132. The highest BCUT2D eigenvalue weighted by molar-refractivity contribution is 5.76. The first kappa shape index (κ1) is 109. The van der Waals surface area contributed by atoms with Gasteiger partial charge in [0.05, 0.1) is 0 Å². The smallest absolute Gasteiger partial charge is 0.219 e. The summed E-state index contributed by atoms with van der Waals surface area (Å²) >= 11 is 0. The zero-order valence-electron chi connectivity index (χ0n) is 75.2. The Morgan fingerprint density at radius 1 is 0.402 bits per heavy atom. The van der Waals surface area contributed by atoms with Crippen LogP contribution < -0.4 is 47.9 Å². The number of hydrogen-bond acceptors (Lipinski definition) is 18. The second-order valence-electron chi connectivity index (χ2n) is 30.9. The molecular formula is C89H160N18O10. The van der Waals surface area contributed by atoms with E-state index < -0.39 is 0 Å². The van der Waals surface area contributed by atoms with Gasteiger partial charge in [-0.1, -0.05) is 72.4 Å². The van der Waals surface area contributed by atoms with E-state index in [2.05, 4.69) is 122 Å². The molecule has 0 radical (unpaired) electrons. The maximum atomic E-state index is 10.9. The van der Waals surface area contributed by atoms with Gasteiger partial charge in [-0.25, -0.2) is 0 Å². The molecule has 0 aliphatic carbocycles. The fourth-order valence-corrected chi connectivity index (χ4v) is 13.5. The number of nitrogens with zero attached hydrogens (tertiary/aromatic N) is 9. The third-order valence-corrected chi connectivity index (χ3v) is 20.0. The Hall–Kier alpha value is -8.05. The molecule has 8 saturated heterocycles. The van der Waals surface area contributed by atoms with Crippen LogP contribution in [-0.2, 0) is 67.2 Å². The number of carbonyl (C=O) groups is 10. The Labute approximate surface area is 705 Å². The number of likely N-dealkylation sites (tertiary alicyclic amines) is 5. The zero-order chi connectivity index (χ0) is 87.1. The van der Waals surface area contributed by atoms with Gasteiger partial charge in [0.2, 0.25) is 59.1 Å². The minimum Gasteiger partial charge on any atom is -0.356 e. The first-order chi connectivity index (χ1) is 56.1. The first-order valence-electron chi connectivity index (χ1n) is 43.9. The van der Waals surface area contributed by atoms with Gasteiger partial charge in [0, 0.05) is 216 Å². The molecule has 8 fully saturated rings. The van der Waals surface area contributed by atoms with Crippen molar-refractivity contribution in [2.24, 2.45) is 11.8 Å². The minimum atomic E-state index is 0.00549. The molecule has 2 unspecified atom stereocenters. The van der Waals surface area contributed by atoms with E-state index in [1.54, 1.807) is 66.3 Å². The third-order valence-electron chi connectivity index (χ3n) is 20.0. The van der Waals surface area contributed by atoms with Crippen LogP contribution in [0, 0.1) is 11.8 Å². The zero-order valence-corrected chi connectivity index (χ0v) is 75.2. The SMILES string of the molecule is CC(=O)N1CCC(C)CC1.CC(=O)NC1CN2CCC1CC2.CC(=O)NCCN1CCCC1.CC(=O)NCCN1CCCCC1.CC(=O)NCCN1CCCCC1.CC(=O)NCCc1ccccn1.CC(=O)NCCc1cccnc1.CC(=O)NCCc1ccncc1.CCC.CCCCNC(C)=O.CCN1CCCC1CCNC(C)=O. The molecule has 28 heteroatoms. The number of aromatic nitrogens is 3. The Morgan fingerprint density at radius 3 is 1.23 bits per heavy atom. The van der Waals surface area contributed by atoms with Crippen molar-refractivity contribution in [3.8, 4) is 0 Å². The van der Waals surface area contributed by atoms with Crippen LogP contribution in [0.25, 0.3) is 0 Å². The van der Waals surface area contributed by atoms with Gasteiger partial charge < -0.3 is 77.3 Å². The average Bonchev–Trinajstić information content (AvgIpc) is 1.56. The van der Waals surface area contributed by atoms with E-state index in [-0.39, 0.29) is 59.1 Å². The van der Waals surface area contributed by atoms with Gasteiger partial charge in [0.1, 0.15) is 0 Å². The van der Waals surface area contributed by atoms with Crippen molar-refractivity contribution in [1.29, 1.82) is 0 Å². The quantitative estimate of drug-likeness (QED) is 0.0340. The molecule has 10 amide bonds. The lowest BCUT2D eigenvalue weighted by Crippen LogP contribution is -2.56. The van der Waals surface area contributed by atoms with E-state index in [4.69, 9.17) is 0 Å². The standard InChI is InChI=1S/C10H20N2O.C9H16N2O.3C9H12N2O.2C9H18N2O.C8H16N2O.C8H15NO.C6H13NO.C3H8/c1-3-12-8-4-5-10(12)6-7-11-9(2)13;1-7(12)10-9-6-11-4-2-8(9)3-5-11;1-8(12)11-7-4-9-2-5-10-6-3-9;1-8(12)11-6-4-9-3-2-5-10-7-9;1-8(12)10-7-5-9-4-2-3-6-11-9;2*1-9(12)10-5-8-11-6-3-2-4-7-11;1-8(11)9-4-7-10-5-2-3-6-10;1-7-3-5-9(6-4-7)8(2)10;1-3-4-5-7-6(2)8;1-3-2/h10H,3-8H2,1-2H3,(H,11,13);8-9H,2-6H2,1H3,(H,10,12);2-3,5-6H,4,7H2,1H3,(H,11,12);2-3,5,7H,4,6H2,1H3,(H,11,12);2-4,6H,5,7H2,1H3,(H,10,12);2*2-8H2,1H3,(H,10,12);2-7H2,1H3,(H,9,11);7H,3-6H2,1-2H3;3-5H2,1-2H3,(H,7,8);3H2,1-2H3. The minimum absolute atomic E-state index is 0.00549.